The highest BCUT2D eigenvalue weighted by Gasteiger charge is 2.22. The predicted molar refractivity (Wildman–Crippen MR) is 80.7 cm³/mol. The molecule has 0 bridgehead atoms. The number of rotatable bonds is 3. The molecule has 0 unspecified atom stereocenters. The molecule has 0 aromatic heterocycles. The van der Waals surface area contributed by atoms with E-state index >= 15 is 0 Å². The lowest BCUT2D eigenvalue weighted by atomic mass is 10.1. The van der Waals surface area contributed by atoms with Gasteiger partial charge in [0.2, 0.25) is 5.91 Å². The highest BCUT2D eigenvalue weighted by molar-refractivity contribution is 7.80. The Hall–Kier alpha value is -1.00. The van der Waals surface area contributed by atoms with Crippen LogP contribution in [0.25, 0.3) is 0 Å². The Bertz CT molecular complexity index is 422. The first kappa shape index (κ1) is 14.4. The van der Waals surface area contributed by atoms with Crippen molar-refractivity contribution in [3.8, 4) is 0 Å². The van der Waals surface area contributed by atoms with Gasteiger partial charge in [-0.05, 0) is 31.5 Å². The molecule has 1 saturated heterocycles. The first-order valence-corrected chi connectivity index (χ1v) is 7.30. The Balaban J connectivity index is 1.86. The van der Waals surface area contributed by atoms with Crippen LogP contribution in [0, 0.1) is 0 Å². The Morgan fingerprint density at radius 2 is 1.74 bits per heavy atom. The molecule has 19 heavy (non-hydrogen) atoms. The maximum Gasteiger partial charge on any atom is 0.227 e. The predicted octanol–water partition coefficient (Wildman–Crippen LogP) is 2.07. The number of carbonyl (C=O) groups is 1. The average molecular weight is 278 g/mol. The summed E-state index contributed by atoms with van der Waals surface area (Å²) in [4.78, 5) is 17.5. The summed E-state index contributed by atoms with van der Waals surface area (Å²) in [6.07, 6.45) is 0.496. The topological polar surface area (TPSA) is 23.6 Å². The highest BCUT2D eigenvalue weighted by atomic mass is 32.1. The first-order valence-electron chi connectivity index (χ1n) is 6.86. The van der Waals surface area contributed by atoms with E-state index in [1.54, 1.807) is 0 Å². The van der Waals surface area contributed by atoms with Crippen molar-refractivity contribution >= 4 is 18.5 Å². The maximum atomic E-state index is 12.2. The van der Waals surface area contributed by atoms with E-state index < -0.39 is 0 Å². The van der Waals surface area contributed by atoms with Crippen LogP contribution in [0.1, 0.15) is 19.4 Å². The maximum absolute atomic E-state index is 12.2. The van der Waals surface area contributed by atoms with Gasteiger partial charge in [0.15, 0.2) is 0 Å². The van der Waals surface area contributed by atoms with E-state index in [9.17, 15) is 4.79 Å². The second-order valence-corrected chi connectivity index (χ2v) is 5.87. The first-order chi connectivity index (χ1) is 9.06. The molecular weight excluding hydrogens is 256 g/mol. The molecule has 3 nitrogen and oxygen atoms in total. The Morgan fingerprint density at radius 1 is 1.16 bits per heavy atom. The lowest BCUT2D eigenvalue weighted by Gasteiger charge is -2.37. The molecule has 1 aromatic rings. The lowest BCUT2D eigenvalue weighted by molar-refractivity contribution is -0.132. The Kier molecular flexibility index (Phi) is 4.88. The fourth-order valence-electron chi connectivity index (χ4n) is 2.39. The third-order valence-electron chi connectivity index (χ3n) is 3.69. The second-order valence-electron chi connectivity index (χ2n) is 5.35. The molecule has 104 valence electrons. The van der Waals surface area contributed by atoms with E-state index in [0.717, 1.165) is 36.6 Å². The summed E-state index contributed by atoms with van der Waals surface area (Å²) in [6, 6.07) is 8.39. The van der Waals surface area contributed by atoms with Gasteiger partial charge in [-0.1, -0.05) is 12.1 Å². The molecule has 1 aliphatic rings. The quantitative estimate of drug-likeness (QED) is 0.856. The zero-order valence-corrected chi connectivity index (χ0v) is 12.6. The van der Waals surface area contributed by atoms with Crippen molar-refractivity contribution in [2.45, 2.75) is 31.2 Å². The largest absolute Gasteiger partial charge is 0.340 e. The fourth-order valence-corrected chi connectivity index (χ4v) is 2.54. The van der Waals surface area contributed by atoms with Gasteiger partial charge in [0.05, 0.1) is 6.42 Å². The summed E-state index contributed by atoms with van der Waals surface area (Å²) in [6.45, 7) is 8.08. The monoisotopic (exact) mass is 278 g/mol. The van der Waals surface area contributed by atoms with Crippen LogP contribution in [0.4, 0.5) is 0 Å². The molecule has 0 saturated carbocycles. The van der Waals surface area contributed by atoms with Gasteiger partial charge in [-0.2, -0.15) is 0 Å². The van der Waals surface area contributed by atoms with Crippen LogP contribution in [0.2, 0.25) is 0 Å². The van der Waals surface area contributed by atoms with Gasteiger partial charge in [0.1, 0.15) is 0 Å². The van der Waals surface area contributed by atoms with Crippen molar-refractivity contribution in [1.29, 1.82) is 0 Å². The molecule has 1 heterocycles. The van der Waals surface area contributed by atoms with Gasteiger partial charge in [0, 0.05) is 37.1 Å². The summed E-state index contributed by atoms with van der Waals surface area (Å²) in [5.41, 5.74) is 1.06. The van der Waals surface area contributed by atoms with E-state index in [-0.39, 0.29) is 5.91 Å². The summed E-state index contributed by atoms with van der Waals surface area (Å²) >= 11 is 4.25. The molecule has 4 heteroatoms. The average Bonchev–Trinajstić information content (AvgIpc) is 2.41. The van der Waals surface area contributed by atoms with E-state index in [0.29, 0.717) is 12.5 Å². The van der Waals surface area contributed by atoms with Crippen molar-refractivity contribution in [2.75, 3.05) is 26.2 Å². The number of benzene rings is 1. The van der Waals surface area contributed by atoms with Gasteiger partial charge in [-0.15, -0.1) is 12.6 Å². The highest BCUT2D eigenvalue weighted by Crippen LogP contribution is 2.11. The summed E-state index contributed by atoms with van der Waals surface area (Å²) in [5, 5.41) is 0. The van der Waals surface area contributed by atoms with Gasteiger partial charge >= 0.3 is 0 Å². The van der Waals surface area contributed by atoms with Gasteiger partial charge in [0.25, 0.3) is 0 Å². The van der Waals surface area contributed by atoms with Crippen LogP contribution in [0.3, 0.4) is 0 Å². The van der Waals surface area contributed by atoms with Crippen LogP contribution in [0.5, 0.6) is 0 Å². The number of hydrogen-bond donors (Lipinski definition) is 1. The molecule has 0 spiro atoms. The summed E-state index contributed by atoms with van der Waals surface area (Å²) in [5.74, 6) is 0.232. The SMILES string of the molecule is CC(C)N1CCN(C(=O)Cc2ccc(S)cc2)CC1. The van der Waals surface area contributed by atoms with E-state index in [2.05, 4.69) is 31.4 Å². The normalized spacial score (nSPS) is 16.9. The molecule has 1 aliphatic heterocycles. The molecule has 0 atom stereocenters. The molecule has 1 aromatic carbocycles. The van der Waals surface area contributed by atoms with Crippen LogP contribution < -0.4 is 0 Å². The van der Waals surface area contributed by atoms with E-state index in [1.807, 2.05) is 29.2 Å². The van der Waals surface area contributed by atoms with Crippen molar-refractivity contribution in [3.63, 3.8) is 0 Å². The number of thiol groups is 1. The van der Waals surface area contributed by atoms with Gasteiger partial charge in [-0.25, -0.2) is 0 Å². The third kappa shape index (κ3) is 3.98. The molecule has 2 rings (SSSR count). The molecule has 0 N–H and O–H groups in total. The molecule has 0 radical (unpaired) electrons. The van der Waals surface area contributed by atoms with Crippen molar-refractivity contribution in [3.05, 3.63) is 29.8 Å². The summed E-state index contributed by atoms with van der Waals surface area (Å²) in [7, 11) is 0. The number of hydrogen-bond acceptors (Lipinski definition) is 3. The van der Waals surface area contributed by atoms with E-state index in [1.165, 1.54) is 0 Å². The smallest absolute Gasteiger partial charge is 0.227 e. The second kappa shape index (κ2) is 6.44. The molecule has 1 fully saturated rings. The Morgan fingerprint density at radius 3 is 2.26 bits per heavy atom. The van der Waals surface area contributed by atoms with E-state index in [4.69, 9.17) is 0 Å². The van der Waals surface area contributed by atoms with Crippen LogP contribution in [-0.2, 0) is 11.2 Å². The minimum atomic E-state index is 0.232. The number of piperazine rings is 1. The zero-order chi connectivity index (χ0) is 13.8. The standard InChI is InChI=1S/C15H22N2OS/c1-12(2)16-7-9-17(10-8-16)15(18)11-13-3-5-14(19)6-4-13/h3-6,12,19H,7-11H2,1-2H3. The van der Waals surface area contributed by atoms with Crippen molar-refractivity contribution in [2.24, 2.45) is 0 Å². The minimum absolute atomic E-state index is 0.232. The van der Waals surface area contributed by atoms with Crippen molar-refractivity contribution in [1.82, 2.24) is 9.80 Å². The summed E-state index contributed by atoms with van der Waals surface area (Å²) < 4.78 is 0. The molecule has 0 aliphatic carbocycles. The fraction of sp³-hybridized carbons (Fsp3) is 0.533. The van der Waals surface area contributed by atoms with Crippen LogP contribution in [0.15, 0.2) is 29.2 Å². The number of nitrogens with zero attached hydrogens (tertiary/aromatic N) is 2. The van der Waals surface area contributed by atoms with Gasteiger partial charge in [-0.3, -0.25) is 9.69 Å². The number of amides is 1. The zero-order valence-electron chi connectivity index (χ0n) is 11.7. The number of carbonyl (C=O) groups excluding carboxylic acids is 1. The van der Waals surface area contributed by atoms with Crippen LogP contribution in [-0.4, -0.2) is 47.9 Å². The Labute approximate surface area is 121 Å². The van der Waals surface area contributed by atoms with Crippen LogP contribution >= 0.6 is 12.6 Å². The lowest BCUT2D eigenvalue weighted by Crippen LogP contribution is -2.51. The third-order valence-corrected chi connectivity index (χ3v) is 3.99. The van der Waals surface area contributed by atoms with Gasteiger partial charge < -0.3 is 4.90 Å². The van der Waals surface area contributed by atoms with Crippen molar-refractivity contribution < 1.29 is 4.79 Å². The molecular formula is C15H22N2OS. The molecule has 1 amide bonds. The minimum Gasteiger partial charge on any atom is -0.340 e.